The predicted octanol–water partition coefficient (Wildman–Crippen LogP) is -1.65. The van der Waals surface area contributed by atoms with Crippen LogP contribution in [0.25, 0.3) is 0 Å². The van der Waals surface area contributed by atoms with Crippen LogP contribution in [0.3, 0.4) is 0 Å². The lowest BCUT2D eigenvalue weighted by atomic mass is 10.0. The van der Waals surface area contributed by atoms with Gasteiger partial charge in [0.15, 0.2) is 0 Å². The molecule has 0 aliphatic heterocycles. The van der Waals surface area contributed by atoms with Gasteiger partial charge in [0.25, 0.3) is 0 Å². The van der Waals surface area contributed by atoms with E-state index < -0.39 is 34.6 Å². The van der Waals surface area contributed by atoms with Gasteiger partial charge in [-0.05, 0) is 11.6 Å². The van der Waals surface area contributed by atoms with Gasteiger partial charge in [0.2, 0.25) is 19.0 Å². The second-order valence-corrected chi connectivity index (χ2v) is 9.32. The average Bonchev–Trinajstić information content (AvgIpc) is 3.75. The third-order valence-corrected chi connectivity index (χ3v) is 5.59. The lowest BCUT2D eigenvalue weighted by Gasteiger charge is -2.13. The van der Waals surface area contributed by atoms with Crippen LogP contribution in [0.2, 0.25) is 0 Å². The number of imidazole rings is 3. The molecule has 0 spiro atoms. The summed E-state index contributed by atoms with van der Waals surface area (Å²) < 4.78 is 5.91. The summed E-state index contributed by atoms with van der Waals surface area (Å²) in [7, 11) is 0. The fourth-order valence-corrected chi connectivity index (χ4v) is 3.47. The van der Waals surface area contributed by atoms with E-state index in [9.17, 15) is 29.7 Å². The lowest BCUT2D eigenvalue weighted by molar-refractivity contribution is -0.694. The van der Waals surface area contributed by atoms with Crippen molar-refractivity contribution in [1.82, 2.24) is 15.0 Å². The summed E-state index contributed by atoms with van der Waals surface area (Å²) >= 11 is 0. The van der Waals surface area contributed by atoms with Crippen molar-refractivity contribution in [3.63, 3.8) is 0 Å². The Kier molecular flexibility index (Phi) is 16.2. The molecule has 15 nitrogen and oxygen atoms in total. The Hall–Kier alpha value is -6.27. The average molecular weight is 616 g/mol. The zero-order valence-corrected chi connectivity index (χ0v) is 25.1. The van der Waals surface area contributed by atoms with Crippen molar-refractivity contribution in [1.29, 1.82) is 15.8 Å². The van der Waals surface area contributed by atoms with Crippen LogP contribution >= 0.6 is 0 Å². The van der Waals surface area contributed by atoms with E-state index in [-0.39, 0.29) is 0 Å². The van der Waals surface area contributed by atoms with Gasteiger partial charge < -0.3 is 29.7 Å². The first-order chi connectivity index (χ1) is 21.4. The highest BCUT2D eigenvalue weighted by Crippen LogP contribution is 2.10. The largest absolute Gasteiger partial charge is 0.545 e. The standard InChI is InChI=1S/C9H6O6.3C7H9N3/c10-7(11)4-1-2-5(8(12)13)6(3-4)9(14)15;3*1-7-5-10(6-9-7)4-2-3-8/h1-3H,(H,10,11)(H,12,13)(H,14,15);3*5-6H,2,4H2,1H3. The zero-order chi connectivity index (χ0) is 33.8. The van der Waals surface area contributed by atoms with E-state index in [1.54, 1.807) is 0 Å². The molecule has 0 radical (unpaired) electrons. The first kappa shape index (κ1) is 36.8. The molecule has 0 atom stereocenters. The van der Waals surface area contributed by atoms with Gasteiger partial charge in [0.1, 0.15) is 55.3 Å². The van der Waals surface area contributed by atoms with E-state index >= 15 is 0 Å². The second kappa shape index (κ2) is 19.8. The molecule has 4 rings (SSSR count). The molecule has 234 valence electrons. The van der Waals surface area contributed by atoms with E-state index in [0.717, 1.165) is 48.8 Å². The molecule has 0 amide bonds. The number of hydrogen-bond acceptors (Lipinski definition) is 9. The van der Waals surface area contributed by atoms with Gasteiger partial charge in [-0.3, -0.25) is 0 Å². The van der Waals surface area contributed by atoms with Crippen LogP contribution in [-0.2, 0) is 19.6 Å². The fraction of sp³-hybridized carbons (Fsp3) is 0.300. The van der Waals surface area contributed by atoms with E-state index in [1.807, 2.05) is 72.0 Å². The molecule has 1 aromatic carbocycles. The van der Waals surface area contributed by atoms with Crippen molar-refractivity contribution in [2.75, 3.05) is 0 Å². The highest BCUT2D eigenvalue weighted by atomic mass is 16.4. The maximum absolute atomic E-state index is 10.5. The molecule has 0 saturated carbocycles. The number of nitrogens with one attached hydrogen (secondary N) is 3. The molecule has 0 aliphatic rings. The van der Waals surface area contributed by atoms with Crippen molar-refractivity contribution in [3.8, 4) is 18.2 Å². The Morgan fingerprint density at radius 3 is 1.22 bits per heavy atom. The summed E-state index contributed by atoms with van der Waals surface area (Å²) in [5.74, 6) is -5.13. The van der Waals surface area contributed by atoms with Gasteiger partial charge in [0.05, 0.1) is 55.4 Å². The summed E-state index contributed by atoms with van der Waals surface area (Å²) in [4.78, 5) is 40.4. The number of hydrogen-bond donors (Lipinski definition) is 3. The molecule has 3 aromatic heterocycles. The van der Waals surface area contributed by atoms with Crippen LogP contribution in [0.15, 0.2) is 55.8 Å². The van der Waals surface area contributed by atoms with Gasteiger partial charge in [-0.25, -0.2) is 28.7 Å². The van der Waals surface area contributed by atoms with Gasteiger partial charge in [-0.2, -0.15) is 15.8 Å². The Labute approximate surface area is 259 Å². The number of aromatic nitrogens is 6. The molecule has 0 unspecified atom stereocenters. The van der Waals surface area contributed by atoms with E-state index in [0.29, 0.717) is 25.3 Å². The van der Waals surface area contributed by atoms with Gasteiger partial charge in [-0.1, -0.05) is 12.1 Å². The predicted molar refractivity (Wildman–Crippen MR) is 147 cm³/mol. The molecule has 0 saturated heterocycles. The lowest BCUT2D eigenvalue weighted by Crippen LogP contribution is -2.31. The Morgan fingerprint density at radius 1 is 0.622 bits per heavy atom. The molecule has 0 aliphatic carbocycles. The number of aromatic carboxylic acids is 3. The molecular weight excluding hydrogens is 582 g/mol. The number of aryl methyl sites for hydroxylation is 6. The van der Waals surface area contributed by atoms with Crippen molar-refractivity contribution in [3.05, 3.63) is 89.5 Å². The minimum absolute atomic E-state index is 0.445. The summed E-state index contributed by atoms with van der Waals surface area (Å²) in [6, 6.07) is 8.64. The molecule has 0 fully saturated rings. The molecule has 4 aromatic rings. The highest BCUT2D eigenvalue weighted by molar-refractivity contribution is 6.02. The molecular formula is C30H33N9O6. The van der Waals surface area contributed by atoms with Gasteiger partial charge in [0, 0.05) is 31.9 Å². The van der Waals surface area contributed by atoms with E-state index in [1.165, 1.54) is 0 Å². The number of carboxylic acids is 3. The van der Waals surface area contributed by atoms with Crippen molar-refractivity contribution < 1.29 is 43.4 Å². The highest BCUT2D eigenvalue weighted by Gasteiger charge is 2.06. The fourth-order valence-electron chi connectivity index (χ4n) is 3.47. The normalized spacial score (nSPS) is 9.33. The van der Waals surface area contributed by atoms with Gasteiger partial charge >= 0.3 is 0 Å². The van der Waals surface area contributed by atoms with Crippen LogP contribution < -0.4 is 29.0 Å². The summed E-state index contributed by atoms with van der Waals surface area (Å²) in [6.45, 7) is 8.30. The number of H-pyrrole nitrogens is 3. The molecule has 0 bridgehead atoms. The maximum atomic E-state index is 10.5. The minimum Gasteiger partial charge on any atom is -0.545 e. The quantitative estimate of drug-likeness (QED) is 0.182. The summed E-state index contributed by atoms with van der Waals surface area (Å²) in [5, 5.41) is 56.1. The topological polar surface area (TPSA) is 251 Å². The van der Waals surface area contributed by atoms with Crippen molar-refractivity contribution in [2.24, 2.45) is 0 Å². The zero-order valence-electron chi connectivity index (χ0n) is 25.1. The Morgan fingerprint density at radius 2 is 0.978 bits per heavy atom. The van der Waals surface area contributed by atoms with Crippen LogP contribution in [0.5, 0.6) is 0 Å². The summed E-state index contributed by atoms with van der Waals surface area (Å²) in [6.07, 6.45) is 13.3. The minimum atomic E-state index is -1.79. The summed E-state index contributed by atoms with van der Waals surface area (Å²) in [5.41, 5.74) is 1.53. The third-order valence-electron chi connectivity index (χ3n) is 5.59. The number of carbonyl (C=O) groups is 3. The van der Waals surface area contributed by atoms with Crippen LogP contribution in [0.1, 0.15) is 67.4 Å². The first-order valence-electron chi connectivity index (χ1n) is 13.4. The third kappa shape index (κ3) is 14.5. The van der Waals surface area contributed by atoms with E-state index in [4.69, 9.17) is 15.8 Å². The number of rotatable bonds is 9. The van der Waals surface area contributed by atoms with Crippen LogP contribution in [-0.4, -0.2) is 32.9 Å². The molecule has 3 N–H and O–H groups in total. The van der Waals surface area contributed by atoms with Crippen molar-refractivity contribution in [2.45, 2.75) is 59.7 Å². The number of carboxylic acid groups (broad SMARTS) is 3. The SMILES string of the molecule is Cc1c[n+](CCC#N)c[nH]1.Cc1c[n+](CCC#N)c[nH]1.Cc1c[n+](CCC#N)c[nH]1.O=C([O-])c1ccc(C(=O)[O-])c(C(=O)[O-])c1. The number of benzene rings is 1. The van der Waals surface area contributed by atoms with Crippen molar-refractivity contribution >= 4 is 17.9 Å². The number of nitrogens with zero attached hydrogens (tertiary/aromatic N) is 6. The van der Waals surface area contributed by atoms with Crippen LogP contribution in [0, 0.1) is 54.8 Å². The maximum Gasteiger partial charge on any atom is 0.241 e. The molecule has 15 heteroatoms. The Balaban J connectivity index is 0.000000305. The number of nitriles is 3. The van der Waals surface area contributed by atoms with Gasteiger partial charge in [-0.15, -0.1) is 0 Å². The number of carbonyl (C=O) groups excluding carboxylic acids is 3. The van der Waals surface area contributed by atoms with E-state index in [2.05, 4.69) is 33.2 Å². The second-order valence-electron chi connectivity index (χ2n) is 9.32. The first-order valence-corrected chi connectivity index (χ1v) is 13.4. The molecule has 3 heterocycles. The smallest absolute Gasteiger partial charge is 0.241 e. The Bertz CT molecular complexity index is 1550. The molecule has 45 heavy (non-hydrogen) atoms. The number of aromatic amines is 3. The monoisotopic (exact) mass is 615 g/mol. The van der Waals surface area contributed by atoms with Crippen LogP contribution in [0.4, 0.5) is 0 Å².